The van der Waals surface area contributed by atoms with Gasteiger partial charge in [-0.3, -0.25) is 14.6 Å². The molecule has 2 saturated heterocycles. The highest BCUT2D eigenvalue weighted by atomic mass is 16.5. The number of nitrogens with zero attached hydrogens (tertiary/aromatic N) is 2. The third kappa shape index (κ3) is 8.60. The zero-order valence-corrected chi connectivity index (χ0v) is 22.5. The van der Waals surface area contributed by atoms with Gasteiger partial charge >= 0.3 is 29.8 Å². The average molecular weight is 571 g/mol. The minimum Gasteiger partial charge on any atom is -0.473 e. The first-order valence-corrected chi connectivity index (χ1v) is 13.3. The number of piperazine rings is 1. The van der Waals surface area contributed by atoms with Gasteiger partial charge in [0, 0.05) is 32.2 Å². The second kappa shape index (κ2) is 14.9. The summed E-state index contributed by atoms with van der Waals surface area (Å²) in [6, 6.07) is 17.1. The Hall–Kier alpha value is -4.29. The van der Waals surface area contributed by atoms with Gasteiger partial charge in [0.05, 0.1) is 0 Å². The largest absolute Gasteiger partial charge is 0.473 e. The van der Waals surface area contributed by atoms with Gasteiger partial charge in [-0.05, 0) is 41.6 Å². The summed E-state index contributed by atoms with van der Waals surface area (Å²) >= 11 is 0. The van der Waals surface area contributed by atoms with Crippen LogP contribution in [0.5, 0.6) is 0 Å². The van der Waals surface area contributed by atoms with E-state index in [9.17, 15) is 4.79 Å². The number of fused-ring (bicyclic) bond motifs is 4. The molecule has 2 aromatic rings. The molecule has 2 heterocycles. The van der Waals surface area contributed by atoms with Gasteiger partial charge in [-0.25, -0.2) is 19.2 Å². The molecule has 1 atom stereocenters. The predicted octanol–water partition coefficient (Wildman–Crippen LogP) is 2.21. The molecule has 0 aromatic heterocycles. The summed E-state index contributed by atoms with van der Waals surface area (Å²) in [5.41, 5.74) is 4.47. The molecule has 3 aliphatic rings. The van der Waals surface area contributed by atoms with Crippen molar-refractivity contribution in [2.45, 2.75) is 37.6 Å². The summed E-state index contributed by atoms with van der Waals surface area (Å²) in [6.07, 6.45) is 5.38. The lowest BCUT2D eigenvalue weighted by Gasteiger charge is -2.40. The summed E-state index contributed by atoms with van der Waals surface area (Å²) in [5.74, 6) is -7.70. The molecule has 5 rings (SSSR count). The van der Waals surface area contributed by atoms with E-state index in [0.717, 1.165) is 48.4 Å². The molecule has 0 amide bonds. The monoisotopic (exact) mass is 570 g/mol. The zero-order chi connectivity index (χ0) is 29.9. The molecule has 2 aliphatic heterocycles. The number of benzene rings is 2. The Balaban J connectivity index is 0.000000326. The lowest BCUT2D eigenvalue weighted by Crippen LogP contribution is -2.53. The fourth-order valence-corrected chi connectivity index (χ4v) is 5.37. The summed E-state index contributed by atoms with van der Waals surface area (Å²) in [6.45, 7) is 5.93. The Bertz CT molecular complexity index is 1170. The van der Waals surface area contributed by atoms with Crippen LogP contribution >= 0.6 is 0 Å². The third-order valence-electron chi connectivity index (χ3n) is 7.26. The lowest BCUT2D eigenvalue weighted by molar-refractivity contribution is -0.159. The standard InChI is InChI=1S/C25H30N2O2.2C2H2O4/c28-25(24-22-11-5-3-9-20(22)21-10-4-6-12-23(21)24)29-17-16-26-14-15-27-13-7-1-2-8-19(27)18-26;2*3-1(4)2(5)6/h3-6,9-12,19,24H,1-2,7-8,13-18H2;2*(H,3,4)(H,5,6). The Labute approximate surface area is 236 Å². The van der Waals surface area contributed by atoms with Crippen molar-refractivity contribution in [3.63, 3.8) is 0 Å². The van der Waals surface area contributed by atoms with Crippen molar-refractivity contribution in [3.8, 4) is 11.1 Å². The maximum Gasteiger partial charge on any atom is 0.414 e. The number of ether oxygens (including phenoxy) is 1. The normalized spacial score (nSPS) is 18.0. The highest BCUT2D eigenvalue weighted by Crippen LogP contribution is 2.44. The van der Waals surface area contributed by atoms with Crippen LogP contribution in [0.15, 0.2) is 48.5 Å². The van der Waals surface area contributed by atoms with Gasteiger partial charge in [0.15, 0.2) is 0 Å². The summed E-state index contributed by atoms with van der Waals surface area (Å²) < 4.78 is 5.81. The van der Waals surface area contributed by atoms with Crippen molar-refractivity contribution in [3.05, 3.63) is 59.7 Å². The Kier molecular flexibility index (Phi) is 11.4. The Morgan fingerprint density at radius 2 is 1.24 bits per heavy atom. The van der Waals surface area contributed by atoms with Crippen LogP contribution in [0.3, 0.4) is 0 Å². The predicted molar refractivity (Wildman–Crippen MR) is 145 cm³/mol. The average Bonchev–Trinajstić information content (AvgIpc) is 3.10. The second-order valence-corrected chi connectivity index (χ2v) is 9.84. The molecule has 2 aromatic carbocycles. The van der Waals surface area contributed by atoms with Crippen LogP contribution in [0.2, 0.25) is 0 Å². The first-order valence-electron chi connectivity index (χ1n) is 13.3. The number of carboxylic acids is 4. The molecule has 2 fully saturated rings. The van der Waals surface area contributed by atoms with E-state index in [1.165, 1.54) is 32.2 Å². The number of hydrogen-bond acceptors (Lipinski definition) is 8. The summed E-state index contributed by atoms with van der Waals surface area (Å²) in [5, 5.41) is 29.6. The third-order valence-corrected chi connectivity index (χ3v) is 7.26. The maximum atomic E-state index is 13.0. The molecule has 1 unspecified atom stereocenters. The maximum absolute atomic E-state index is 13.0. The fraction of sp³-hybridized carbons (Fsp3) is 0.414. The smallest absolute Gasteiger partial charge is 0.414 e. The number of hydrogen-bond donors (Lipinski definition) is 4. The highest BCUT2D eigenvalue weighted by molar-refractivity contribution is 6.27. The van der Waals surface area contributed by atoms with Crippen molar-refractivity contribution in [2.24, 2.45) is 0 Å². The van der Waals surface area contributed by atoms with E-state index >= 15 is 0 Å². The molecule has 12 heteroatoms. The topological polar surface area (TPSA) is 182 Å². The Morgan fingerprint density at radius 1 is 0.707 bits per heavy atom. The molecule has 0 spiro atoms. The lowest BCUT2D eigenvalue weighted by atomic mass is 9.97. The van der Waals surface area contributed by atoms with Gasteiger partial charge in [-0.15, -0.1) is 0 Å². The van der Waals surface area contributed by atoms with Gasteiger partial charge in [0.1, 0.15) is 12.5 Å². The minimum atomic E-state index is -1.82. The van der Waals surface area contributed by atoms with E-state index in [2.05, 4.69) is 34.1 Å². The van der Waals surface area contributed by atoms with Crippen LogP contribution in [-0.4, -0.2) is 105 Å². The van der Waals surface area contributed by atoms with Crippen LogP contribution in [0, 0.1) is 0 Å². The van der Waals surface area contributed by atoms with Crippen LogP contribution in [0.1, 0.15) is 42.7 Å². The number of carbonyl (C=O) groups excluding carboxylic acids is 1. The van der Waals surface area contributed by atoms with E-state index in [4.69, 9.17) is 44.3 Å². The van der Waals surface area contributed by atoms with Crippen molar-refractivity contribution >= 4 is 29.8 Å². The number of aliphatic carboxylic acids is 4. The molecule has 220 valence electrons. The number of rotatable bonds is 4. The van der Waals surface area contributed by atoms with Crippen LogP contribution in [0.4, 0.5) is 0 Å². The molecular formula is C29H34N2O10. The molecular weight excluding hydrogens is 536 g/mol. The van der Waals surface area contributed by atoms with Crippen LogP contribution in [0.25, 0.3) is 11.1 Å². The van der Waals surface area contributed by atoms with E-state index in [1.54, 1.807) is 0 Å². The molecule has 0 bridgehead atoms. The van der Waals surface area contributed by atoms with Gasteiger partial charge in [-0.1, -0.05) is 61.4 Å². The van der Waals surface area contributed by atoms with Gasteiger partial charge < -0.3 is 25.2 Å². The molecule has 12 nitrogen and oxygen atoms in total. The molecule has 41 heavy (non-hydrogen) atoms. The van der Waals surface area contributed by atoms with E-state index in [-0.39, 0.29) is 11.9 Å². The molecule has 0 saturated carbocycles. The van der Waals surface area contributed by atoms with Crippen molar-refractivity contribution in [2.75, 3.05) is 39.3 Å². The first-order chi connectivity index (χ1) is 19.6. The Morgan fingerprint density at radius 3 is 1.78 bits per heavy atom. The fourth-order valence-electron chi connectivity index (χ4n) is 5.37. The number of esters is 1. The summed E-state index contributed by atoms with van der Waals surface area (Å²) in [7, 11) is 0. The molecule has 1 aliphatic carbocycles. The van der Waals surface area contributed by atoms with Crippen molar-refractivity contribution < 1.29 is 49.1 Å². The van der Waals surface area contributed by atoms with E-state index < -0.39 is 23.9 Å². The van der Waals surface area contributed by atoms with Gasteiger partial charge in [0.2, 0.25) is 0 Å². The zero-order valence-electron chi connectivity index (χ0n) is 22.5. The van der Waals surface area contributed by atoms with Gasteiger partial charge in [-0.2, -0.15) is 0 Å². The van der Waals surface area contributed by atoms with Crippen molar-refractivity contribution in [1.82, 2.24) is 9.80 Å². The molecule has 0 radical (unpaired) electrons. The second-order valence-electron chi connectivity index (χ2n) is 9.84. The number of carboxylic acid groups (broad SMARTS) is 4. The molecule has 4 N–H and O–H groups in total. The van der Waals surface area contributed by atoms with Crippen LogP contribution < -0.4 is 0 Å². The quantitative estimate of drug-likeness (QED) is 0.311. The highest BCUT2D eigenvalue weighted by Gasteiger charge is 2.35. The summed E-state index contributed by atoms with van der Waals surface area (Å²) in [4.78, 5) is 54.6. The van der Waals surface area contributed by atoms with E-state index in [1.807, 2.05) is 24.3 Å². The minimum absolute atomic E-state index is 0.115. The van der Waals surface area contributed by atoms with Gasteiger partial charge in [0.25, 0.3) is 0 Å². The van der Waals surface area contributed by atoms with Crippen molar-refractivity contribution in [1.29, 1.82) is 0 Å². The van der Waals surface area contributed by atoms with Crippen LogP contribution in [-0.2, 0) is 28.7 Å². The van der Waals surface area contributed by atoms with E-state index in [0.29, 0.717) is 12.6 Å². The SMILES string of the molecule is O=C(O)C(=O)O.O=C(O)C(=O)O.O=C(OCCN1CCN2CCCCCC2C1)C1c2ccccc2-c2ccccc21. The first kappa shape index (κ1) is 31.2. The number of carbonyl (C=O) groups is 5.